The summed E-state index contributed by atoms with van der Waals surface area (Å²) < 4.78 is 5.38. The van der Waals surface area contributed by atoms with E-state index in [-0.39, 0.29) is 17.9 Å². The van der Waals surface area contributed by atoms with Gasteiger partial charge in [0.2, 0.25) is 5.91 Å². The van der Waals surface area contributed by atoms with Crippen LogP contribution in [0.2, 0.25) is 10.0 Å². The number of carbonyl (C=O) groups is 2. The average molecular weight is 373 g/mol. The number of nitrogens with zero attached hydrogens (tertiary/aromatic N) is 1. The first kappa shape index (κ1) is 18.9. The molecule has 1 aliphatic heterocycles. The van der Waals surface area contributed by atoms with Gasteiger partial charge in [-0.05, 0) is 51.8 Å². The molecule has 1 aromatic rings. The van der Waals surface area contributed by atoms with Gasteiger partial charge in [0.25, 0.3) is 0 Å². The van der Waals surface area contributed by atoms with Crippen LogP contribution in [0.3, 0.4) is 0 Å². The maximum atomic E-state index is 12.5. The first-order valence-corrected chi connectivity index (χ1v) is 8.65. The molecule has 1 atom stereocenters. The molecule has 24 heavy (non-hydrogen) atoms. The standard InChI is InChI=1S/C17H22Cl2N2O3/c1-17(2,3)24-16(23)21-8-4-5-11(10-21)15(22)20-14-7-6-12(18)9-13(14)19/h6-7,9,11H,4-5,8,10H2,1-3H3,(H,20,22). The molecule has 0 spiro atoms. The van der Waals surface area contributed by atoms with Crippen LogP contribution in [0.25, 0.3) is 0 Å². The molecule has 132 valence electrons. The number of benzene rings is 1. The summed E-state index contributed by atoms with van der Waals surface area (Å²) in [5, 5.41) is 3.70. The smallest absolute Gasteiger partial charge is 0.410 e. The Morgan fingerprint density at radius 2 is 2.00 bits per heavy atom. The van der Waals surface area contributed by atoms with Crippen molar-refractivity contribution in [2.75, 3.05) is 18.4 Å². The normalized spacial score (nSPS) is 18.2. The number of carbonyl (C=O) groups excluding carboxylic acids is 2. The topological polar surface area (TPSA) is 58.6 Å². The highest BCUT2D eigenvalue weighted by atomic mass is 35.5. The lowest BCUT2D eigenvalue weighted by molar-refractivity contribution is -0.121. The second-order valence-corrected chi connectivity index (χ2v) is 7.72. The van der Waals surface area contributed by atoms with E-state index in [1.807, 2.05) is 20.8 Å². The molecule has 1 N–H and O–H groups in total. The van der Waals surface area contributed by atoms with Gasteiger partial charge in [-0.2, -0.15) is 0 Å². The first-order valence-electron chi connectivity index (χ1n) is 7.89. The van der Waals surface area contributed by atoms with Crippen molar-refractivity contribution >= 4 is 40.9 Å². The Kier molecular flexibility index (Phi) is 5.99. The zero-order valence-electron chi connectivity index (χ0n) is 14.1. The van der Waals surface area contributed by atoms with E-state index in [0.29, 0.717) is 28.8 Å². The van der Waals surface area contributed by atoms with Crippen LogP contribution in [0, 0.1) is 5.92 Å². The Balaban J connectivity index is 1.98. The molecule has 1 fully saturated rings. The number of halogens is 2. The van der Waals surface area contributed by atoms with Gasteiger partial charge in [0, 0.05) is 18.1 Å². The van der Waals surface area contributed by atoms with Gasteiger partial charge >= 0.3 is 6.09 Å². The molecule has 5 nitrogen and oxygen atoms in total. The van der Waals surface area contributed by atoms with Gasteiger partial charge < -0.3 is 15.0 Å². The van der Waals surface area contributed by atoms with Gasteiger partial charge in [0.15, 0.2) is 0 Å². The monoisotopic (exact) mass is 372 g/mol. The molecule has 0 aliphatic carbocycles. The second kappa shape index (κ2) is 7.62. The SMILES string of the molecule is CC(C)(C)OC(=O)N1CCCC(C(=O)Nc2ccc(Cl)cc2Cl)C1. The van der Waals surface area contributed by atoms with E-state index in [2.05, 4.69) is 5.32 Å². The van der Waals surface area contributed by atoms with E-state index < -0.39 is 5.60 Å². The van der Waals surface area contributed by atoms with Crippen LogP contribution in [0.1, 0.15) is 33.6 Å². The molecule has 1 aliphatic rings. The third kappa shape index (κ3) is 5.28. The summed E-state index contributed by atoms with van der Waals surface area (Å²) in [6.45, 7) is 6.40. The molecule has 1 heterocycles. The van der Waals surface area contributed by atoms with E-state index in [0.717, 1.165) is 12.8 Å². The van der Waals surface area contributed by atoms with E-state index in [4.69, 9.17) is 27.9 Å². The molecule has 2 rings (SSSR count). The van der Waals surface area contributed by atoms with Gasteiger partial charge in [-0.1, -0.05) is 23.2 Å². The minimum absolute atomic E-state index is 0.160. The maximum Gasteiger partial charge on any atom is 0.410 e. The molecule has 1 unspecified atom stereocenters. The number of likely N-dealkylation sites (tertiary alicyclic amines) is 1. The Bertz CT molecular complexity index is 629. The largest absolute Gasteiger partial charge is 0.444 e. The molecular weight excluding hydrogens is 351 g/mol. The van der Waals surface area contributed by atoms with Crippen LogP contribution >= 0.6 is 23.2 Å². The van der Waals surface area contributed by atoms with E-state index in [1.54, 1.807) is 23.1 Å². The number of nitrogens with one attached hydrogen (secondary N) is 1. The number of hydrogen-bond acceptors (Lipinski definition) is 3. The minimum atomic E-state index is -0.552. The number of ether oxygens (including phenoxy) is 1. The zero-order chi connectivity index (χ0) is 17.9. The summed E-state index contributed by atoms with van der Waals surface area (Å²) in [7, 11) is 0. The predicted octanol–water partition coefficient (Wildman–Crippen LogP) is 4.58. The third-order valence-electron chi connectivity index (χ3n) is 3.63. The number of rotatable bonds is 2. The summed E-state index contributed by atoms with van der Waals surface area (Å²) >= 11 is 11.9. The van der Waals surface area contributed by atoms with E-state index in [9.17, 15) is 9.59 Å². The number of piperidine rings is 1. The molecule has 0 radical (unpaired) electrons. The lowest BCUT2D eigenvalue weighted by Crippen LogP contribution is -2.45. The quantitative estimate of drug-likeness (QED) is 0.826. The summed E-state index contributed by atoms with van der Waals surface area (Å²) in [4.78, 5) is 26.2. The van der Waals surface area contributed by atoms with Crippen LogP contribution in [-0.2, 0) is 9.53 Å². The lowest BCUT2D eigenvalue weighted by atomic mass is 9.97. The molecule has 1 aromatic carbocycles. The molecule has 0 bridgehead atoms. The van der Waals surface area contributed by atoms with Crippen molar-refractivity contribution in [1.82, 2.24) is 4.90 Å². The Morgan fingerprint density at radius 3 is 2.62 bits per heavy atom. The average Bonchev–Trinajstić information content (AvgIpc) is 2.48. The van der Waals surface area contributed by atoms with Crippen molar-refractivity contribution in [3.05, 3.63) is 28.2 Å². The fourth-order valence-corrected chi connectivity index (χ4v) is 2.96. The fraction of sp³-hybridized carbons (Fsp3) is 0.529. The van der Waals surface area contributed by atoms with Crippen LogP contribution in [-0.4, -0.2) is 35.6 Å². The highest BCUT2D eigenvalue weighted by Crippen LogP contribution is 2.27. The van der Waals surface area contributed by atoms with Crippen molar-refractivity contribution in [3.63, 3.8) is 0 Å². The molecule has 7 heteroatoms. The highest BCUT2D eigenvalue weighted by molar-refractivity contribution is 6.36. The maximum absolute atomic E-state index is 12.5. The molecule has 0 saturated carbocycles. The lowest BCUT2D eigenvalue weighted by Gasteiger charge is -2.33. The summed E-state index contributed by atoms with van der Waals surface area (Å²) in [6, 6.07) is 4.90. The van der Waals surface area contributed by atoms with Crippen molar-refractivity contribution in [2.45, 2.75) is 39.2 Å². The zero-order valence-corrected chi connectivity index (χ0v) is 15.6. The summed E-state index contributed by atoms with van der Waals surface area (Å²) in [6.07, 6.45) is 1.09. The second-order valence-electron chi connectivity index (χ2n) is 6.88. The Hall–Kier alpha value is -1.46. The van der Waals surface area contributed by atoms with Gasteiger partial charge in [0.1, 0.15) is 5.60 Å². The number of hydrogen-bond donors (Lipinski definition) is 1. The van der Waals surface area contributed by atoms with Crippen LogP contribution in [0.5, 0.6) is 0 Å². The highest BCUT2D eigenvalue weighted by Gasteiger charge is 2.31. The Labute approximate surface area is 152 Å². The summed E-state index contributed by atoms with van der Waals surface area (Å²) in [5.74, 6) is -0.453. The number of anilines is 1. The van der Waals surface area contributed by atoms with E-state index >= 15 is 0 Å². The molecule has 0 aromatic heterocycles. The fourth-order valence-electron chi connectivity index (χ4n) is 2.51. The summed E-state index contributed by atoms with van der Waals surface area (Å²) in [5.41, 5.74) is -0.0381. The van der Waals surface area contributed by atoms with Gasteiger partial charge in [-0.3, -0.25) is 4.79 Å². The van der Waals surface area contributed by atoms with Crippen LogP contribution < -0.4 is 5.32 Å². The third-order valence-corrected chi connectivity index (χ3v) is 4.18. The van der Waals surface area contributed by atoms with Gasteiger partial charge in [-0.15, -0.1) is 0 Å². The number of amides is 2. The van der Waals surface area contributed by atoms with Crippen molar-refractivity contribution < 1.29 is 14.3 Å². The van der Waals surface area contributed by atoms with Crippen molar-refractivity contribution in [1.29, 1.82) is 0 Å². The van der Waals surface area contributed by atoms with Crippen molar-refractivity contribution in [2.24, 2.45) is 5.92 Å². The molecule has 2 amide bonds. The molecule has 1 saturated heterocycles. The van der Waals surface area contributed by atoms with Gasteiger partial charge in [-0.25, -0.2) is 4.79 Å². The van der Waals surface area contributed by atoms with E-state index in [1.165, 1.54) is 0 Å². The van der Waals surface area contributed by atoms with Crippen LogP contribution in [0.4, 0.5) is 10.5 Å². The molecular formula is C17H22Cl2N2O3. The van der Waals surface area contributed by atoms with Gasteiger partial charge in [0.05, 0.1) is 16.6 Å². The predicted molar refractivity (Wildman–Crippen MR) is 95.6 cm³/mol. The van der Waals surface area contributed by atoms with Crippen LogP contribution in [0.15, 0.2) is 18.2 Å². The Morgan fingerprint density at radius 1 is 1.29 bits per heavy atom. The minimum Gasteiger partial charge on any atom is -0.444 e. The van der Waals surface area contributed by atoms with Crippen molar-refractivity contribution in [3.8, 4) is 0 Å². The first-order chi connectivity index (χ1) is 11.2.